The lowest BCUT2D eigenvalue weighted by Gasteiger charge is -2.35. The van der Waals surface area contributed by atoms with Crippen molar-refractivity contribution >= 4 is 28.3 Å². The molecule has 0 spiro atoms. The average Bonchev–Trinajstić information content (AvgIpc) is 2.79. The second-order valence-corrected chi connectivity index (χ2v) is 8.98. The minimum Gasteiger partial charge on any atom is -0.305 e. The number of rotatable bonds is 7. The van der Waals surface area contributed by atoms with Crippen molar-refractivity contribution in [2.24, 2.45) is 9.98 Å². The molecule has 0 saturated carbocycles. The number of nitrogens with zero attached hydrogens (tertiary/aromatic N) is 3. The summed E-state index contributed by atoms with van der Waals surface area (Å²) < 4.78 is 0. The fourth-order valence-corrected chi connectivity index (χ4v) is 5.06. The fraction of sp³-hybridized carbons (Fsp3) is 0.385. The smallest absolute Gasteiger partial charge is 0.169 e. The van der Waals surface area contributed by atoms with E-state index in [1.165, 1.54) is 39.1 Å². The molecule has 0 N–H and O–H groups in total. The van der Waals surface area contributed by atoms with Crippen molar-refractivity contribution in [3.8, 4) is 11.1 Å². The van der Waals surface area contributed by atoms with E-state index in [2.05, 4.69) is 67.8 Å². The van der Waals surface area contributed by atoms with Crippen LogP contribution in [0.5, 0.6) is 0 Å². The molecule has 2 aliphatic heterocycles. The van der Waals surface area contributed by atoms with Crippen molar-refractivity contribution in [2.45, 2.75) is 50.8 Å². The van der Waals surface area contributed by atoms with Crippen LogP contribution in [0.4, 0.5) is 0 Å². The first kappa shape index (κ1) is 20.9. The highest BCUT2D eigenvalue weighted by Gasteiger charge is 2.30. The highest BCUT2D eigenvalue weighted by atomic mass is 32.2. The SMILES string of the molecule is C=C(CCC)c1cccc(-c2ccc3c(c2)SC(=NCCCC)N2CCCN=C32)c1. The van der Waals surface area contributed by atoms with Gasteiger partial charge in [-0.1, -0.05) is 69.3 Å². The first-order chi connectivity index (χ1) is 14.7. The van der Waals surface area contributed by atoms with Gasteiger partial charge in [-0.2, -0.15) is 0 Å². The van der Waals surface area contributed by atoms with Crippen molar-refractivity contribution < 1.29 is 0 Å². The molecular weight excluding hydrogens is 386 g/mol. The van der Waals surface area contributed by atoms with E-state index in [1.54, 1.807) is 11.8 Å². The maximum absolute atomic E-state index is 4.93. The van der Waals surface area contributed by atoms with Crippen molar-refractivity contribution in [2.75, 3.05) is 19.6 Å². The Morgan fingerprint density at radius 1 is 1.13 bits per heavy atom. The summed E-state index contributed by atoms with van der Waals surface area (Å²) in [6.45, 7) is 11.5. The van der Waals surface area contributed by atoms with E-state index in [0.717, 1.165) is 56.3 Å². The molecule has 0 atom stereocenters. The Labute approximate surface area is 185 Å². The molecule has 2 heterocycles. The second kappa shape index (κ2) is 9.65. The number of hydrogen-bond acceptors (Lipinski definition) is 3. The molecule has 0 aliphatic carbocycles. The van der Waals surface area contributed by atoms with Crippen LogP contribution in [0.25, 0.3) is 16.7 Å². The Morgan fingerprint density at radius 2 is 2.00 bits per heavy atom. The first-order valence-corrected chi connectivity index (χ1v) is 12.0. The van der Waals surface area contributed by atoms with Crippen molar-refractivity contribution in [3.05, 3.63) is 60.2 Å². The zero-order valence-electron chi connectivity index (χ0n) is 18.2. The number of unbranched alkanes of at least 4 members (excludes halogenated alkanes) is 1. The van der Waals surface area contributed by atoms with Crippen LogP contribution in [-0.2, 0) is 0 Å². The molecule has 4 heteroatoms. The van der Waals surface area contributed by atoms with Crippen LogP contribution in [0.3, 0.4) is 0 Å². The predicted molar refractivity (Wildman–Crippen MR) is 132 cm³/mol. The molecule has 3 nitrogen and oxygen atoms in total. The largest absolute Gasteiger partial charge is 0.305 e. The topological polar surface area (TPSA) is 28.0 Å². The van der Waals surface area contributed by atoms with E-state index in [9.17, 15) is 0 Å². The number of allylic oxidation sites excluding steroid dienone is 1. The molecule has 0 bridgehead atoms. The lowest BCUT2D eigenvalue weighted by atomic mass is 9.97. The third-order valence-electron chi connectivity index (χ3n) is 5.63. The molecule has 30 heavy (non-hydrogen) atoms. The maximum Gasteiger partial charge on any atom is 0.169 e. The highest BCUT2D eigenvalue weighted by molar-refractivity contribution is 8.14. The quantitative estimate of drug-likeness (QED) is 0.459. The van der Waals surface area contributed by atoms with Gasteiger partial charge in [-0.25, -0.2) is 0 Å². The Balaban J connectivity index is 1.69. The van der Waals surface area contributed by atoms with Gasteiger partial charge in [0.1, 0.15) is 5.84 Å². The van der Waals surface area contributed by atoms with Crippen molar-refractivity contribution in [3.63, 3.8) is 0 Å². The number of fused-ring (bicyclic) bond motifs is 3. The van der Waals surface area contributed by atoms with Gasteiger partial charge in [0, 0.05) is 30.1 Å². The lowest BCUT2D eigenvalue weighted by Crippen LogP contribution is -2.42. The van der Waals surface area contributed by atoms with Crippen LogP contribution in [-0.4, -0.2) is 35.5 Å². The number of aliphatic imine (C=N–C) groups is 2. The molecule has 0 amide bonds. The summed E-state index contributed by atoms with van der Waals surface area (Å²) in [7, 11) is 0. The van der Waals surface area contributed by atoms with Crippen LogP contribution in [0.15, 0.2) is 63.9 Å². The number of thioether (sulfide) groups is 1. The molecule has 0 aromatic heterocycles. The molecular formula is C26H31N3S. The fourth-order valence-electron chi connectivity index (χ4n) is 3.96. The van der Waals surface area contributed by atoms with Crippen LogP contribution in [0.2, 0.25) is 0 Å². The van der Waals surface area contributed by atoms with Gasteiger partial charge in [0.05, 0.1) is 0 Å². The number of hydrogen-bond donors (Lipinski definition) is 0. The van der Waals surface area contributed by atoms with Gasteiger partial charge < -0.3 is 4.90 Å². The lowest BCUT2D eigenvalue weighted by molar-refractivity contribution is 0.551. The van der Waals surface area contributed by atoms with E-state index >= 15 is 0 Å². The molecule has 0 fully saturated rings. The highest BCUT2D eigenvalue weighted by Crippen LogP contribution is 2.37. The van der Waals surface area contributed by atoms with E-state index in [1.807, 2.05) is 0 Å². The minimum absolute atomic E-state index is 0.888. The van der Waals surface area contributed by atoms with Gasteiger partial charge in [0.2, 0.25) is 0 Å². The zero-order valence-corrected chi connectivity index (χ0v) is 19.0. The maximum atomic E-state index is 4.93. The van der Waals surface area contributed by atoms with E-state index in [-0.39, 0.29) is 0 Å². The second-order valence-electron chi connectivity index (χ2n) is 7.98. The zero-order chi connectivity index (χ0) is 20.9. The molecule has 0 saturated heterocycles. The van der Waals surface area contributed by atoms with Gasteiger partial charge in [0.25, 0.3) is 0 Å². The molecule has 0 radical (unpaired) electrons. The van der Waals surface area contributed by atoms with Gasteiger partial charge in [-0.15, -0.1) is 0 Å². The predicted octanol–water partition coefficient (Wildman–Crippen LogP) is 6.88. The minimum atomic E-state index is 0.888. The van der Waals surface area contributed by atoms with E-state index in [0.29, 0.717) is 0 Å². The molecule has 2 aromatic carbocycles. The number of amidine groups is 2. The summed E-state index contributed by atoms with van der Waals surface area (Å²) in [6, 6.07) is 15.6. The first-order valence-electron chi connectivity index (χ1n) is 11.2. The van der Waals surface area contributed by atoms with Gasteiger partial charge in [-0.05, 0) is 59.7 Å². The summed E-state index contributed by atoms with van der Waals surface area (Å²) in [6.07, 6.45) is 5.56. The molecule has 2 aliphatic rings. The van der Waals surface area contributed by atoms with Crippen LogP contribution in [0, 0.1) is 0 Å². The van der Waals surface area contributed by atoms with Crippen molar-refractivity contribution in [1.82, 2.24) is 4.90 Å². The summed E-state index contributed by atoms with van der Waals surface area (Å²) in [5.74, 6) is 1.10. The average molecular weight is 418 g/mol. The van der Waals surface area contributed by atoms with E-state index in [4.69, 9.17) is 9.98 Å². The molecule has 2 aromatic rings. The van der Waals surface area contributed by atoms with Crippen LogP contribution >= 0.6 is 11.8 Å². The molecule has 156 valence electrons. The Kier molecular flexibility index (Phi) is 6.73. The van der Waals surface area contributed by atoms with Gasteiger partial charge in [0.15, 0.2) is 5.17 Å². The number of benzene rings is 2. The Bertz CT molecular complexity index is 990. The summed E-state index contributed by atoms with van der Waals surface area (Å²) in [5, 5.41) is 1.11. The van der Waals surface area contributed by atoms with Gasteiger partial charge >= 0.3 is 0 Å². The van der Waals surface area contributed by atoms with Crippen molar-refractivity contribution in [1.29, 1.82) is 0 Å². The van der Waals surface area contributed by atoms with E-state index < -0.39 is 0 Å². The Hall–Kier alpha value is -2.33. The van der Waals surface area contributed by atoms with Gasteiger partial charge in [-0.3, -0.25) is 9.98 Å². The molecule has 0 unspecified atom stereocenters. The third kappa shape index (κ3) is 4.39. The summed E-state index contributed by atoms with van der Waals surface area (Å²) >= 11 is 1.80. The Morgan fingerprint density at radius 3 is 2.83 bits per heavy atom. The molecule has 4 rings (SSSR count). The monoisotopic (exact) mass is 417 g/mol. The van der Waals surface area contributed by atoms with Crippen LogP contribution in [0.1, 0.15) is 57.1 Å². The summed E-state index contributed by atoms with van der Waals surface area (Å²) in [5.41, 5.74) is 6.17. The standard InChI is InChI=1S/C26H31N3S/c1-4-6-14-28-26-29-16-8-15-27-25(29)23-13-12-22(18-24(23)30-26)21-11-7-10-20(17-21)19(3)9-5-2/h7,10-13,17-18H,3-6,8-9,14-16H2,1-2H3. The third-order valence-corrected chi connectivity index (χ3v) is 6.72. The normalized spacial score (nSPS) is 16.8. The van der Waals surface area contributed by atoms with Crippen LogP contribution < -0.4 is 0 Å². The summed E-state index contributed by atoms with van der Waals surface area (Å²) in [4.78, 5) is 13.4.